The molecule has 12 atom stereocenters. The number of nitrogens with one attached hydrogen (secondary N) is 10. The highest BCUT2D eigenvalue weighted by molar-refractivity contribution is 6.01. The Bertz CT molecular complexity index is 2910. The lowest BCUT2D eigenvalue weighted by molar-refractivity contribution is -0.146. The summed E-state index contributed by atoms with van der Waals surface area (Å²) in [5.74, 6) is -19.8. The topological polar surface area (TPSA) is 620 Å². The van der Waals surface area contributed by atoms with Crippen molar-refractivity contribution < 1.29 is 97.1 Å². The number of primary amides is 2. The summed E-state index contributed by atoms with van der Waals surface area (Å²) >= 11 is 0. The molecule has 94 heavy (non-hydrogen) atoms. The van der Waals surface area contributed by atoms with Gasteiger partial charge in [-0.1, -0.05) is 64.4 Å². The number of hydrogen-bond acceptors (Lipinski definition) is 19. The summed E-state index contributed by atoms with van der Waals surface area (Å²) in [6.45, 7) is 5.87. The molecule has 13 amide bonds. The normalized spacial score (nSPS) is 16.1. The maximum Gasteiger partial charge on any atom is 0.326 e. The van der Waals surface area contributed by atoms with Crippen LogP contribution in [-0.2, 0) is 83.1 Å². The minimum absolute atomic E-state index is 0.0264. The molecule has 0 saturated carbocycles. The summed E-state index contributed by atoms with van der Waals surface area (Å²) in [5, 5.41) is 62.9. The van der Waals surface area contributed by atoms with Crippen LogP contribution in [0.3, 0.4) is 0 Å². The van der Waals surface area contributed by atoms with Crippen LogP contribution in [0.15, 0.2) is 35.3 Å². The van der Waals surface area contributed by atoms with E-state index in [2.05, 4.69) is 58.2 Å². The van der Waals surface area contributed by atoms with Crippen LogP contribution in [0.1, 0.15) is 111 Å². The number of aliphatic imine (C=N–C) groups is 1. The zero-order valence-electron chi connectivity index (χ0n) is 52.8. The molecule has 1 fully saturated rings. The summed E-state index contributed by atoms with van der Waals surface area (Å²) in [6, 6.07) is -10.3. The minimum atomic E-state index is -2.01. The lowest BCUT2D eigenvalue weighted by Gasteiger charge is -2.30. The molecule has 1 aliphatic rings. The predicted molar refractivity (Wildman–Crippen MR) is 329 cm³/mol. The molecule has 37 nitrogen and oxygen atoms in total. The van der Waals surface area contributed by atoms with Crippen LogP contribution in [-0.4, -0.2) is 219 Å². The third-order valence-corrected chi connectivity index (χ3v) is 14.6. The Balaban J connectivity index is 2.42. The standard InChI is InChI=1S/C57H89N17O20/c1-6-28(4)45(73-47(84)31(16-17-40(59)76)66-49(86)33(20-27(2)3)68-50(87)35(22-41(60)77)65-42(78)25-58)54(91)70-36(23-43(79)80)51(88)69-34(21-30-12-8-7-9-13-30)48(85)64-29(5)46(83)71-37(24-44(81)82)55(92)74-19-11-15-39(74)53(90)72-38(26-75)52(89)67-32(56(93)94)14-10-18-63-57(61)62/h7-9,12-13,27-29,31-39,45,75H,6,10-11,14-26,58H2,1-5H3,(H2,59,76)(H2,60,77)(H,64,85)(H,65,78)(H,66,86)(H,67,89)(H,68,87)(H,69,88)(H,70,91)(H,71,83)(H,72,90)(H,73,84)(H,79,80)(H,81,82)(H,93,94)(H4,61,62,63)/t28-,29-,31-,32-,33-,34-,35-,36-,37-,38-,39-,45-/m0/s1. The zero-order chi connectivity index (χ0) is 71.1. The van der Waals surface area contributed by atoms with Crippen molar-refractivity contribution in [3.05, 3.63) is 35.9 Å². The number of likely N-dealkylation sites (tertiary alicyclic amines) is 1. The summed E-state index contributed by atoms with van der Waals surface area (Å²) in [6.07, 6.45) is -4.05. The number of carboxylic acids is 3. The molecule has 0 spiro atoms. The van der Waals surface area contributed by atoms with Gasteiger partial charge in [-0.05, 0) is 62.8 Å². The Morgan fingerprint density at radius 1 is 0.574 bits per heavy atom. The maximum atomic E-state index is 14.3. The molecule has 1 aliphatic heterocycles. The van der Waals surface area contributed by atoms with E-state index in [-0.39, 0.29) is 69.9 Å². The number of hydrogen-bond donors (Lipinski definition) is 19. The number of carbonyl (C=O) groups excluding carboxylic acids is 13. The number of amides is 13. The summed E-state index contributed by atoms with van der Waals surface area (Å²) in [7, 11) is 0. The fourth-order valence-electron chi connectivity index (χ4n) is 9.45. The van der Waals surface area contributed by atoms with Crippen LogP contribution in [0.5, 0.6) is 0 Å². The Hall–Kier alpha value is -10.1. The van der Waals surface area contributed by atoms with Gasteiger partial charge < -0.3 is 107 Å². The fraction of sp³-hybridized carbons (Fsp3) is 0.596. The molecule has 37 heteroatoms. The van der Waals surface area contributed by atoms with Crippen LogP contribution in [0.4, 0.5) is 0 Å². The first-order valence-corrected chi connectivity index (χ1v) is 30.1. The average molecular weight is 1330 g/mol. The quantitative estimate of drug-likeness (QED) is 0.0164. The maximum absolute atomic E-state index is 14.3. The number of rotatable bonds is 42. The van der Waals surface area contributed by atoms with Crippen LogP contribution >= 0.6 is 0 Å². The third-order valence-electron chi connectivity index (χ3n) is 14.6. The fourth-order valence-corrected chi connectivity index (χ4v) is 9.45. The van der Waals surface area contributed by atoms with E-state index in [0.717, 1.165) is 11.8 Å². The van der Waals surface area contributed by atoms with E-state index in [1.807, 2.05) is 0 Å². The first kappa shape index (κ1) is 80.0. The molecule has 1 saturated heterocycles. The predicted octanol–water partition coefficient (Wildman–Crippen LogP) is -7.64. The average Bonchev–Trinajstić information content (AvgIpc) is 1.56. The van der Waals surface area contributed by atoms with E-state index < -0.39 is 212 Å². The van der Waals surface area contributed by atoms with Crippen molar-refractivity contribution in [1.82, 2.24) is 58.1 Å². The van der Waals surface area contributed by atoms with Gasteiger partial charge in [-0.3, -0.25) is 76.9 Å². The number of benzene rings is 1. The second-order valence-corrected chi connectivity index (χ2v) is 22.7. The van der Waals surface area contributed by atoms with Gasteiger partial charge in [0.2, 0.25) is 76.8 Å². The molecule has 1 aromatic rings. The number of aliphatic hydroxyl groups is 1. The van der Waals surface area contributed by atoms with Crippen molar-refractivity contribution in [1.29, 1.82) is 0 Å². The monoisotopic (exact) mass is 1330 g/mol. The number of aliphatic carboxylic acids is 3. The van der Waals surface area contributed by atoms with Gasteiger partial charge in [0.15, 0.2) is 5.96 Å². The van der Waals surface area contributed by atoms with Crippen molar-refractivity contribution in [3.63, 3.8) is 0 Å². The number of nitrogens with two attached hydrogens (primary N) is 5. The molecular formula is C57H89N17O20. The SMILES string of the molecule is CC[C@H](C)[C@H](NC(=O)[C@H](CCC(N)=O)NC(=O)[C@H](CC(C)C)NC(=O)[C@H](CC(N)=O)NC(=O)CN)C(=O)N[C@@H](CC(=O)O)C(=O)N[C@@H](Cc1ccccc1)C(=O)N[C@@H](C)C(=O)N[C@@H](CC(=O)O)C(=O)N1CCC[C@H]1C(=O)N[C@@H](CO)C(=O)N[C@@H](CCCN=C(N)N)C(=O)O. The smallest absolute Gasteiger partial charge is 0.326 e. The molecule has 0 unspecified atom stereocenters. The first-order chi connectivity index (χ1) is 44.1. The number of carbonyl (C=O) groups is 16. The van der Waals surface area contributed by atoms with E-state index in [1.165, 1.54) is 6.92 Å². The Morgan fingerprint density at radius 2 is 1.10 bits per heavy atom. The highest BCUT2D eigenvalue weighted by Crippen LogP contribution is 2.21. The lowest BCUT2D eigenvalue weighted by atomic mass is 9.96. The van der Waals surface area contributed by atoms with Crippen molar-refractivity contribution in [3.8, 4) is 0 Å². The van der Waals surface area contributed by atoms with Gasteiger partial charge in [-0.15, -0.1) is 0 Å². The highest BCUT2D eigenvalue weighted by Gasteiger charge is 2.42. The molecule has 1 aromatic carbocycles. The molecule has 522 valence electrons. The Kier molecular flexibility index (Phi) is 34.1. The van der Waals surface area contributed by atoms with E-state index >= 15 is 0 Å². The van der Waals surface area contributed by atoms with Crippen LogP contribution in [0.2, 0.25) is 0 Å². The summed E-state index contributed by atoms with van der Waals surface area (Å²) < 4.78 is 0. The first-order valence-electron chi connectivity index (χ1n) is 30.1. The number of aliphatic hydroxyl groups excluding tert-OH is 1. The van der Waals surface area contributed by atoms with E-state index in [4.69, 9.17) is 28.7 Å². The van der Waals surface area contributed by atoms with E-state index in [9.17, 15) is 97.1 Å². The summed E-state index contributed by atoms with van der Waals surface area (Å²) in [4.78, 5) is 216. The third kappa shape index (κ3) is 28.2. The van der Waals surface area contributed by atoms with Crippen molar-refractivity contribution in [2.24, 2.45) is 45.5 Å². The van der Waals surface area contributed by atoms with Crippen LogP contribution in [0, 0.1) is 11.8 Å². The van der Waals surface area contributed by atoms with Gasteiger partial charge in [0, 0.05) is 25.9 Å². The number of guanidine groups is 1. The van der Waals surface area contributed by atoms with Crippen molar-refractivity contribution in [2.45, 2.75) is 178 Å². The molecule has 0 bridgehead atoms. The lowest BCUT2D eigenvalue weighted by Crippen LogP contribution is -2.61. The molecule has 0 aliphatic carbocycles. The number of nitrogens with zero attached hydrogens (tertiary/aromatic N) is 2. The molecule has 2 rings (SSSR count). The van der Waals surface area contributed by atoms with Crippen LogP contribution in [0.25, 0.3) is 0 Å². The summed E-state index contributed by atoms with van der Waals surface area (Å²) in [5.41, 5.74) is 27.0. The van der Waals surface area contributed by atoms with Gasteiger partial charge in [0.05, 0.1) is 32.4 Å². The Labute approximate surface area is 540 Å². The number of carboxylic acid groups (broad SMARTS) is 3. The Morgan fingerprint density at radius 3 is 1.64 bits per heavy atom. The molecule has 0 radical (unpaired) electrons. The van der Waals surface area contributed by atoms with Crippen molar-refractivity contribution >= 4 is 101 Å². The van der Waals surface area contributed by atoms with Crippen molar-refractivity contribution in [2.75, 3.05) is 26.2 Å². The van der Waals surface area contributed by atoms with E-state index in [0.29, 0.717) is 5.56 Å². The highest BCUT2D eigenvalue weighted by atomic mass is 16.4. The van der Waals surface area contributed by atoms with Gasteiger partial charge >= 0.3 is 17.9 Å². The second kappa shape index (κ2) is 40.0. The molecular weight excluding hydrogens is 1240 g/mol. The molecule has 0 aromatic heterocycles. The zero-order valence-corrected chi connectivity index (χ0v) is 52.8. The van der Waals surface area contributed by atoms with Gasteiger partial charge in [0.25, 0.3) is 0 Å². The van der Waals surface area contributed by atoms with Gasteiger partial charge in [-0.2, -0.15) is 0 Å². The molecule has 1 heterocycles. The van der Waals surface area contributed by atoms with E-state index in [1.54, 1.807) is 51.1 Å². The van der Waals surface area contributed by atoms with Crippen LogP contribution < -0.4 is 81.8 Å². The van der Waals surface area contributed by atoms with Gasteiger partial charge in [0.1, 0.15) is 66.5 Å². The molecule has 24 N–H and O–H groups in total. The largest absolute Gasteiger partial charge is 0.481 e. The minimum Gasteiger partial charge on any atom is -0.481 e. The second-order valence-electron chi connectivity index (χ2n) is 22.7. The van der Waals surface area contributed by atoms with Gasteiger partial charge in [-0.25, -0.2) is 4.79 Å².